The molecule has 0 aliphatic carbocycles. The van der Waals surface area contributed by atoms with Gasteiger partial charge < -0.3 is 9.47 Å². The van der Waals surface area contributed by atoms with Crippen molar-refractivity contribution < 1.29 is 23.9 Å². The number of amides is 2. The van der Waals surface area contributed by atoms with Gasteiger partial charge in [0.15, 0.2) is 11.5 Å². The van der Waals surface area contributed by atoms with Gasteiger partial charge in [0, 0.05) is 5.02 Å². The second-order valence-corrected chi connectivity index (χ2v) is 9.54. The number of esters is 1. The van der Waals surface area contributed by atoms with Gasteiger partial charge in [-0.2, -0.15) is 0 Å². The van der Waals surface area contributed by atoms with Crippen LogP contribution in [0.4, 0.5) is 4.79 Å². The fourth-order valence-corrected chi connectivity index (χ4v) is 4.69. The minimum absolute atomic E-state index is 0.00655. The summed E-state index contributed by atoms with van der Waals surface area (Å²) >= 11 is 19.2. The summed E-state index contributed by atoms with van der Waals surface area (Å²) in [5, 5.41) is 0.490. The Bertz CT molecular complexity index is 1360. The number of methoxy groups -OCH3 is 1. The topological polar surface area (TPSA) is 72.9 Å². The fourth-order valence-electron chi connectivity index (χ4n) is 3.26. The molecule has 1 heterocycles. The van der Waals surface area contributed by atoms with Gasteiger partial charge in [0.1, 0.15) is 0 Å². The molecule has 0 N–H and O–H groups in total. The number of benzene rings is 3. The summed E-state index contributed by atoms with van der Waals surface area (Å²) in [4.78, 5) is 39.3. The molecule has 0 atom stereocenters. The van der Waals surface area contributed by atoms with Crippen molar-refractivity contribution >= 4 is 69.8 Å². The Morgan fingerprint density at radius 3 is 2.40 bits per heavy atom. The smallest absolute Gasteiger partial charge is 0.345 e. The molecule has 1 saturated heterocycles. The first kappa shape index (κ1) is 25.1. The van der Waals surface area contributed by atoms with E-state index in [0.29, 0.717) is 10.6 Å². The van der Waals surface area contributed by atoms with Crippen molar-refractivity contribution in [3.8, 4) is 11.5 Å². The molecule has 1 fully saturated rings. The van der Waals surface area contributed by atoms with E-state index >= 15 is 0 Å². The maximum atomic E-state index is 12.9. The number of nitrogens with zero attached hydrogens (tertiary/aromatic N) is 1. The lowest BCUT2D eigenvalue weighted by atomic mass is 10.1. The Morgan fingerprint density at radius 1 is 1.00 bits per heavy atom. The third-order valence-corrected chi connectivity index (χ3v) is 6.74. The van der Waals surface area contributed by atoms with Gasteiger partial charge in [-0.3, -0.25) is 14.5 Å². The normalized spacial score (nSPS) is 14.5. The summed E-state index contributed by atoms with van der Waals surface area (Å²) < 4.78 is 10.8. The highest BCUT2D eigenvalue weighted by Gasteiger charge is 2.35. The van der Waals surface area contributed by atoms with Crippen LogP contribution in [0.2, 0.25) is 15.1 Å². The first-order valence-electron chi connectivity index (χ1n) is 10.1. The summed E-state index contributed by atoms with van der Waals surface area (Å²) in [7, 11) is 1.39. The molecule has 35 heavy (non-hydrogen) atoms. The van der Waals surface area contributed by atoms with Crippen molar-refractivity contribution in [3.05, 3.63) is 97.3 Å². The van der Waals surface area contributed by atoms with E-state index in [4.69, 9.17) is 44.3 Å². The molecule has 3 aromatic rings. The van der Waals surface area contributed by atoms with E-state index in [-0.39, 0.29) is 43.8 Å². The Labute approximate surface area is 220 Å². The zero-order valence-electron chi connectivity index (χ0n) is 18.1. The van der Waals surface area contributed by atoms with Crippen LogP contribution in [0.5, 0.6) is 11.5 Å². The Morgan fingerprint density at radius 2 is 1.71 bits per heavy atom. The molecule has 2 amide bonds. The molecule has 0 saturated carbocycles. The van der Waals surface area contributed by atoms with Gasteiger partial charge in [-0.25, -0.2) is 4.79 Å². The molecule has 178 valence electrons. The third kappa shape index (κ3) is 5.65. The van der Waals surface area contributed by atoms with Crippen LogP contribution in [-0.4, -0.2) is 29.1 Å². The monoisotopic (exact) mass is 547 g/mol. The van der Waals surface area contributed by atoms with Crippen LogP contribution < -0.4 is 9.47 Å². The quantitative estimate of drug-likeness (QED) is 0.186. The molecule has 1 aliphatic rings. The molecule has 0 radical (unpaired) electrons. The van der Waals surface area contributed by atoms with Gasteiger partial charge in [-0.15, -0.1) is 0 Å². The summed E-state index contributed by atoms with van der Waals surface area (Å²) in [6.07, 6.45) is 1.53. The summed E-state index contributed by atoms with van der Waals surface area (Å²) in [6, 6.07) is 16.4. The maximum absolute atomic E-state index is 12.9. The molecule has 3 aromatic carbocycles. The lowest BCUT2D eigenvalue weighted by Crippen LogP contribution is -2.27. The highest BCUT2D eigenvalue weighted by Crippen LogP contribution is 2.40. The summed E-state index contributed by atoms with van der Waals surface area (Å²) in [5.74, 6) is -0.956. The number of carbonyl (C=O) groups is 3. The molecule has 6 nitrogen and oxygen atoms in total. The summed E-state index contributed by atoms with van der Waals surface area (Å²) in [5.41, 5.74) is 1.43. The Kier molecular flexibility index (Phi) is 7.72. The van der Waals surface area contributed by atoms with Crippen LogP contribution in [0.25, 0.3) is 6.08 Å². The minimum Gasteiger partial charge on any atom is -0.493 e. The van der Waals surface area contributed by atoms with Crippen LogP contribution >= 0.6 is 46.6 Å². The van der Waals surface area contributed by atoms with E-state index < -0.39 is 11.9 Å². The number of hydrogen-bond acceptors (Lipinski definition) is 6. The van der Waals surface area contributed by atoms with Gasteiger partial charge in [0.05, 0.1) is 34.2 Å². The predicted octanol–water partition coefficient (Wildman–Crippen LogP) is 7.11. The SMILES string of the molecule is COc1cc(/C=C2\SC(=O)N(Cc3ccc(Cl)cc3)C2=O)cc(Cl)c1OC(=O)c1ccccc1Cl. The van der Waals surface area contributed by atoms with Gasteiger partial charge in [0.25, 0.3) is 11.1 Å². The molecule has 0 bridgehead atoms. The fraction of sp³-hybridized carbons (Fsp3) is 0.0800. The van der Waals surface area contributed by atoms with Gasteiger partial charge in [-0.05, 0) is 65.4 Å². The highest BCUT2D eigenvalue weighted by molar-refractivity contribution is 8.18. The highest BCUT2D eigenvalue weighted by atomic mass is 35.5. The number of halogens is 3. The number of ether oxygens (including phenoxy) is 2. The number of rotatable bonds is 6. The van der Waals surface area contributed by atoms with Gasteiger partial charge in [-0.1, -0.05) is 59.1 Å². The van der Waals surface area contributed by atoms with E-state index in [9.17, 15) is 14.4 Å². The predicted molar refractivity (Wildman–Crippen MR) is 137 cm³/mol. The average Bonchev–Trinajstić information content (AvgIpc) is 3.09. The Balaban J connectivity index is 1.57. The second-order valence-electron chi connectivity index (χ2n) is 7.30. The van der Waals surface area contributed by atoms with E-state index in [0.717, 1.165) is 22.2 Å². The van der Waals surface area contributed by atoms with E-state index in [1.807, 2.05) is 0 Å². The summed E-state index contributed by atoms with van der Waals surface area (Å²) in [6.45, 7) is 0.125. The maximum Gasteiger partial charge on any atom is 0.345 e. The van der Waals surface area contributed by atoms with Crippen molar-refractivity contribution in [1.29, 1.82) is 0 Å². The molecule has 1 aliphatic heterocycles. The molecule has 4 rings (SSSR count). The van der Waals surface area contributed by atoms with E-state index in [2.05, 4.69) is 0 Å². The third-order valence-electron chi connectivity index (χ3n) is 4.97. The zero-order chi connectivity index (χ0) is 25.1. The van der Waals surface area contributed by atoms with Crippen LogP contribution in [0.1, 0.15) is 21.5 Å². The van der Waals surface area contributed by atoms with Crippen LogP contribution in [-0.2, 0) is 11.3 Å². The number of imide groups is 1. The lowest BCUT2D eigenvalue weighted by molar-refractivity contribution is -0.123. The van der Waals surface area contributed by atoms with Crippen molar-refractivity contribution in [2.75, 3.05) is 7.11 Å². The molecular weight excluding hydrogens is 533 g/mol. The molecule has 0 aromatic heterocycles. The average molecular weight is 549 g/mol. The van der Waals surface area contributed by atoms with Gasteiger partial charge in [0.2, 0.25) is 0 Å². The van der Waals surface area contributed by atoms with Crippen molar-refractivity contribution in [2.24, 2.45) is 0 Å². The first-order valence-corrected chi connectivity index (χ1v) is 12.1. The molecular formula is C25H16Cl3NO5S. The van der Waals surface area contributed by atoms with Crippen molar-refractivity contribution in [1.82, 2.24) is 4.90 Å². The standard InChI is InChI=1S/C25H16Cl3NO5S/c1-33-20-11-15(10-19(28)22(20)34-24(31)17-4-2-3-5-18(17)27)12-21-23(30)29(25(32)35-21)13-14-6-8-16(26)9-7-14/h2-12H,13H2,1H3/b21-12-. The van der Waals surface area contributed by atoms with Crippen LogP contribution in [0, 0.1) is 0 Å². The van der Waals surface area contributed by atoms with Crippen LogP contribution in [0.3, 0.4) is 0 Å². The van der Waals surface area contributed by atoms with Crippen LogP contribution in [0.15, 0.2) is 65.6 Å². The second kappa shape index (κ2) is 10.7. The number of hydrogen-bond donors (Lipinski definition) is 0. The lowest BCUT2D eigenvalue weighted by Gasteiger charge is -2.13. The first-order chi connectivity index (χ1) is 16.8. The number of thioether (sulfide) groups is 1. The molecule has 10 heteroatoms. The minimum atomic E-state index is -0.702. The van der Waals surface area contributed by atoms with Crippen molar-refractivity contribution in [3.63, 3.8) is 0 Å². The van der Waals surface area contributed by atoms with E-state index in [1.54, 1.807) is 48.5 Å². The largest absolute Gasteiger partial charge is 0.493 e. The van der Waals surface area contributed by atoms with E-state index in [1.165, 1.54) is 25.3 Å². The molecule has 0 unspecified atom stereocenters. The zero-order valence-corrected chi connectivity index (χ0v) is 21.2. The van der Waals surface area contributed by atoms with Gasteiger partial charge >= 0.3 is 5.97 Å². The van der Waals surface area contributed by atoms with Crippen molar-refractivity contribution in [2.45, 2.75) is 6.54 Å². The number of carbonyl (C=O) groups excluding carboxylic acids is 3. The molecule has 0 spiro atoms. The Hall–Kier alpha value is -2.97.